The summed E-state index contributed by atoms with van der Waals surface area (Å²) >= 11 is 0. The molecule has 0 saturated carbocycles. The third-order valence-electron chi connectivity index (χ3n) is 7.68. The largest absolute Gasteiger partial charge is 0.371 e. The van der Waals surface area contributed by atoms with Gasteiger partial charge in [0.2, 0.25) is 17.7 Å². The van der Waals surface area contributed by atoms with Crippen molar-refractivity contribution in [2.75, 3.05) is 37.6 Å². The summed E-state index contributed by atoms with van der Waals surface area (Å²) < 4.78 is 0. The Morgan fingerprint density at radius 3 is 2.37 bits per heavy atom. The number of amides is 5. The summed E-state index contributed by atoms with van der Waals surface area (Å²) in [7, 11) is 0. The molecule has 186 valence electrons. The van der Waals surface area contributed by atoms with Crippen molar-refractivity contribution in [2.45, 2.75) is 44.6 Å². The first-order chi connectivity index (χ1) is 16.9. The minimum atomic E-state index is -0.970. The van der Waals surface area contributed by atoms with E-state index in [9.17, 15) is 24.0 Å². The summed E-state index contributed by atoms with van der Waals surface area (Å²) in [6.45, 7) is 4.13. The molecule has 35 heavy (non-hydrogen) atoms. The van der Waals surface area contributed by atoms with Gasteiger partial charge in [-0.05, 0) is 69.3 Å². The van der Waals surface area contributed by atoms with Crippen LogP contribution in [-0.2, 0) is 14.4 Å². The number of rotatable bonds is 5. The van der Waals surface area contributed by atoms with Gasteiger partial charge in [-0.2, -0.15) is 0 Å². The van der Waals surface area contributed by atoms with E-state index in [0.717, 1.165) is 55.9 Å². The minimum Gasteiger partial charge on any atom is -0.371 e. The molecule has 10 heteroatoms. The standard InChI is InChI=1S/C25H31N5O5/c31-21-4-3-20(23(33)28-21)30-24(34)18-2-1-17(13-19(18)25(30)35)29-11-7-16(8-12-29)22(32)27-14-15-5-9-26-10-6-15/h1-2,13,15-16,20,26H,3-12,14H2,(H,27,32)(H,28,31,33). The molecule has 0 spiro atoms. The van der Waals surface area contributed by atoms with Crippen LogP contribution in [0.1, 0.15) is 59.2 Å². The van der Waals surface area contributed by atoms with Gasteiger partial charge >= 0.3 is 0 Å². The highest BCUT2D eigenvalue weighted by Crippen LogP contribution is 2.32. The van der Waals surface area contributed by atoms with Gasteiger partial charge in [-0.1, -0.05) is 0 Å². The quantitative estimate of drug-likeness (QED) is 0.520. The smallest absolute Gasteiger partial charge is 0.262 e. The van der Waals surface area contributed by atoms with Gasteiger partial charge in [-0.25, -0.2) is 0 Å². The zero-order valence-electron chi connectivity index (χ0n) is 19.7. The Hall–Kier alpha value is -3.27. The van der Waals surface area contributed by atoms with E-state index in [4.69, 9.17) is 0 Å². The minimum absolute atomic E-state index is 0.0198. The number of fused-ring (bicyclic) bond motifs is 1. The molecule has 1 aromatic carbocycles. The fourth-order valence-corrected chi connectivity index (χ4v) is 5.53. The number of nitrogens with one attached hydrogen (secondary N) is 3. The molecule has 4 aliphatic heterocycles. The molecular formula is C25H31N5O5. The molecule has 0 radical (unpaired) electrons. The average Bonchev–Trinajstić information content (AvgIpc) is 3.12. The van der Waals surface area contributed by atoms with Crippen LogP contribution >= 0.6 is 0 Å². The van der Waals surface area contributed by atoms with Crippen molar-refractivity contribution in [2.24, 2.45) is 11.8 Å². The van der Waals surface area contributed by atoms with Gasteiger partial charge < -0.3 is 15.5 Å². The summed E-state index contributed by atoms with van der Waals surface area (Å²) in [5.41, 5.74) is 1.37. The van der Waals surface area contributed by atoms with Crippen molar-refractivity contribution < 1.29 is 24.0 Å². The maximum atomic E-state index is 13.1. The van der Waals surface area contributed by atoms with Crippen LogP contribution in [0.15, 0.2) is 18.2 Å². The molecule has 1 aromatic rings. The number of carbonyl (C=O) groups excluding carboxylic acids is 5. The Kier molecular flexibility index (Phi) is 6.55. The van der Waals surface area contributed by atoms with Gasteiger partial charge in [0.25, 0.3) is 11.8 Å². The lowest BCUT2D eigenvalue weighted by Gasteiger charge is -2.33. The molecule has 5 amide bonds. The lowest BCUT2D eigenvalue weighted by molar-refractivity contribution is -0.136. The number of anilines is 1. The van der Waals surface area contributed by atoms with Gasteiger partial charge in [0.05, 0.1) is 11.1 Å². The SMILES string of the molecule is O=C1CCC(N2C(=O)c3ccc(N4CCC(C(=O)NCC5CCNCC5)CC4)cc3C2=O)C(=O)N1. The van der Waals surface area contributed by atoms with Crippen LogP contribution in [0.3, 0.4) is 0 Å². The summed E-state index contributed by atoms with van der Waals surface area (Å²) in [4.78, 5) is 65.4. The first-order valence-corrected chi connectivity index (χ1v) is 12.5. The highest BCUT2D eigenvalue weighted by atomic mass is 16.2. The Morgan fingerprint density at radius 2 is 1.66 bits per heavy atom. The van der Waals surface area contributed by atoms with E-state index in [0.29, 0.717) is 19.0 Å². The maximum absolute atomic E-state index is 13.1. The number of nitrogens with zero attached hydrogens (tertiary/aromatic N) is 2. The molecule has 4 heterocycles. The second-order valence-corrected chi connectivity index (χ2v) is 9.88. The zero-order chi connectivity index (χ0) is 24.5. The molecule has 1 atom stereocenters. The Balaban J connectivity index is 1.19. The van der Waals surface area contributed by atoms with Crippen LogP contribution in [0.25, 0.3) is 0 Å². The van der Waals surface area contributed by atoms with Crippen molar-refractivity contribution in [3.63, 3.8) is 0 Å². The van der Waals surface area contributed by atoms with Crippen molar-refractivity contribution in [3.05, 3.63) is 29.3 Å². The fraction of sp³-hybridized carbons (Fsp3) is 0.560. The molecule has 3 N–H and O–H groups in total. The van der Waals surface area contributed by atoms with Crippen LogP contribution in [0, 0.1) is 11.8 Å². The van der Waals surface area contributed by atoms with E-state index >= 15 is 0 Å². The number of benzene rings is 1. The monoisotopic (exact) mass is 481 g/mol. The van der Waals surface area contributed by atoms with E-state index < -0.39 is 29.7 Å². The third kappa shape index (κ3) is 4.67. The maximum Gasteiger partial charge on any atom is 0.262 e. The van der Waals surface area contributed by atoms with Crippen molar-refractivity contribution in [1.29, 1.82) is 0 Å². The number of imide groups is 2. The van der Waals surface area contributed by atoms with E-state index in [1.54, 1.807) is 12.1 Å². The summed E-state index contributed by atoms with van der Waals surface area (Å²) in [5.74, 6) is -1.37. The molecule has 4 aliphatic rings. The number of hydrogen-bond donors (Lipinski definition) is 3. The Bertz CT molecular complexity index is 1060. The first-order valence-electron chi connectivity index (χ1n) is 12.5. The van der Waals surface area contributed by atoms with E-state index in [-0.39, 0.29) is 35.8 Å². The highest BCUT2D eigenvalue weighted by Gasteiger charge is 2.44. The summed E-state index contributed by atoms with van der Waals surface area (Å²) in [6.07, 6.45) is 3.87. The van der Waals surface area contributed by atoms with Crippen LogP contribution in [0.4, 0.5) is 5.69 Å². The molecule has 0 aliphatic carbocycles. The van der Waals surface area contributed by atoms with Crippen molar-refractivity contribution in [1.82, 2.24) is 20.9 Å². The molecule has 5 rings (SSSR count). The van der Waals surface area contributed by atoms with Crippen molar-refractivity contribution in [3.8, 4) is 0 Å². The Labute approximate surface area is 203 Å². The van der Waals surface area contributed by atoms with E-state index in [1.165, 1.54) is 0 Å². The zero-order valence-corrected chi connectivity index (χ0v) is 19.7. The molecule has 0 bridgehead atoms. The van der Waals surface area contributed by atoms with E-state index in [1.807, 2.05) is 6.07 Å². The van der Waals surface area contributed by atoms with Crippen LogP contribution in [0.2, 0.25) is 0 Å². The predicted octanol–water partition coefficient (Wildman–Crippen LogP) is 0.420. The third-order valence-corrected chi connectivity index (χ3v) is 7.68. The fourth-order valence-electron chi connectivity index (χ4n) is 5.53. The number of hydrogen-bond acceptors (Lipinski definition) is 7. The Morgan fingerprint density at radius 1 is 0.943 bits per heavy atom. The predicted molar refractivity (Wildman–Crippen MR) is 127 cm³/mol. The van der Waals surface area contributed by atoms with Crippen LogP contribution in [-0.4, -0.2) is 73.2 Å². The van der Waals surface area contributed by atoms with Gasteiger partial charge in [0, 0.05) is 37.7 Å². The van der Waals surface area contributed by atoms with Gasteiger partial charge in [0.15, 0.2) is 0 Å². The second-order valence-electron chi connectivity index (χ2n) is 9.88. The average molecular weight is 482 g/mol. The highest BCUT2D eigenvalue weighted by molar-refractivity contribution is 6.23. The van der Waals surface area contributed by atoms with E-state index in [2.05, 4.69) is 20.9 Å². The number of piperidine rings is 3. The molecule has 3 saturated heterocycles. The number of carbonyl (C=O) groups is 5. The molecule has 3 fully saturated rings. The molecular weight excluding hydrogens is 450 g/mol. The van der Waals surface area contributed by atoms with Gasteiger partial charge in [-0.15, -0.1) is 0 Å². The van der Waals surface area contributed by atoms with Crippen molar-refractivity contribution >= 4 is 35.2 Å². The molecule has 0 aromatic heterocycles. The normalized spacial score (nSPS) is 23.9. The summed E-state index contributed by atoms with van der Waals surface area (Å²) in [6, 6.07) is 4.19. The van der Waals surface area contributed by atoms with Crippen LogP contribution < -0.4 is 20.9 Å². The lowest BCUT2D eigenvalue weighted by atomic mass is 9.94. The van der Waals surface area contributed by atoms with Gasteiger partial charge in [-0.3, -0.25) is 34.2 Å². The molecule has 1 unspecified atom stereocenters. The second kappa shape index (κ2) is 9.77. The molecule has 10 nitrogen and oxygen atoms in total. The first kappa shape index (κ1) is 23.5. The van der Waals surface area contributed by atoms with Crippen LogP contribution in [0.5, 0.6) is 0 Å². The summed E-state index contributed by atoms with van der Waals surface area (Å²) in [5, 5.41) is 8.69. The topological polar surface area (TPSA) is 128 Å². The van der Waals surface area contributed by atoms with Gasteiger partial charge in [0.1, 0.15) is 6.04 Å². The lowest BCUT2D eigenvalue weighted by Crippen LogP contribution is -2.54.